The molecule has 0 bridgehead atoms. The van der Waals surface area contributed by atoms with Crippen LogP contribution in [0.2, 0.25) is 0 Å². The van der Waals surface area contributed by atoms with Crippen LogP contribution in [0.15, 0.2) is 0 Å². The van der Waals surface area contributed by atoms with Gasteiger partial charge < -0.3 is 20.0 Å². The van der Waals surface area contributed by atoms with Crippen molar-refractivity contribution < 1.29 is 33.9 Å². The van der Waals surface area contributed by atoms with Crippen LogP contribution in [0.1, 0.15) is 0 Å². The van der Waals surface area contributed by atoms with Gasteiger partial charge in [-0.15, -0.1) is 0 Å². The summed E-state index contributed by atoms with van der Waals surface area (Å²) >= 11 is 0. The van der Waals surface area contributed by atoms with Crippen LogP contribution in [0.5, 0.6) is 0 Å². The number of carboxylic acids is 1. The molecule has 0 aromatic carbocycles. The average molecular weight is 323 g/mol. The fraction of sp³-hybridized carbons (Fsp3) is 0.667. The molecule has 0 aliphatic heterocycles. The Morgan fingerprint density at radius 3 is 2.00 bits per heavy atom. The molecule has 0 amide bonds. The maximum atomic E-state index is 10.0. The summed E-state index contributed by atoms with van der Waals surface area (Å²) in [6, 6.07) is 0. The topological polar surface area (TPSA) is 124 Å². The van der Waals surface area contributed by atoms with Crippen molar-refractivity contribution in [2.45, 2.75) is 6.10 Å². The maximum Gasteiger partial charge on any atom is 2.00 e. The predicted molar refractivity (Wildman–Crippen MR) is 37.4 cm³/mol. The molecule has 1 atom stereocenters. The number of carboxylic acid groups (broad SMARTS) is 1. The summed E-state index contributed by atoms with van der Waals surface area (Å²) < 4.78 is 13.7. The number of phosphoric acid groups is 1. The fourth-order valence-electron chi connectivity index (χ4n) is 0.322. The first-order valence-corrected chi connectivity index (χ1v) is 3.97. The molecule has 0 spiro atoms. The summed E-state index contributed by atoms with van der Waals surface area (Å²) in [7, 11) is -4.83. The molecule has 0 rings (SSSR count). The van der Waals surface area contributed by atoms with Crippen LogP contribution in [0, 0.1) is 0 Å². The minimum Gasteiger partial charge on any atom is -0.479 e. The second kappa shape index (κ2) is 6.55. The first-order valence-electron chi connectivity index (χ1n) is 2.44. The molecule has 0 aliphatic carbocycles. The fourth-order valence-corrected chi connectivity index (χ4v) is 0.811. The molecule has 0 radical (unpaired) electrons. The first-order chi connectivity index (χ1) is 4.87. The van der Waals surface area contributed by atoms with E-state index in [1.807, 2.05) is 0 Å². The summed E-state index contributed by atoms with van der Waals surface area (Å²) in [5, 5.41) is 16.3. The molecule has 4 N–H and O–H groups in total. The van der Waals surface area contributed by atoms with Crippen LogP contribution in [-0.2, 0) is 13.9 Å². The minimum absolute atomic E-state index is 0. The summed E-state index contributed by atoms with van der Waals surface area (Å²) in [5.41, 5.74) is 0. The molecule has 0 saturated carbocycles. The second-order valence-corrected chi connectivity index (χ2v) is 2.80. The Kier molecular flexibility index (Phi) is 8.50. The molecule has 0 fully saturated rings. The van der Waals surface area contributed by atoms with Gasteiger partial charge in [0.1, 0.15) is 0 Å². The maximum absolute atomic E-state index is 10.0. The van der Waals surface area contributed by atoms with Crippen LogP contribution in [0.3, 0.4) is 0 Å². The molecule has 0 aromatic rings. The molecule has 0 saturated heterocycles. The second-order valence-electron chi connectivity index (χ2n) is 1.61. The quantitative estimate of drug-likeness (QED) is 0.354. The molecule has 9 heteroatoms. The SMILES string of the molecule is O=C(O)C(CO)OP(=O)(O)O.[Ba+2]. The summed E-state index contributed by atoms with van der Waals surface area (Å²) in [4.78, 5) is 26.1. The third-order valence-corrected chi connectivity index (χ3v) is 1.23. The van der Waals surface area contributed by atoms with Crippen molar-refractivity contribution in [2.24, 2.45) is 0 Å². The van der Waals surface area contributed by atoms with E-state index in [0.717, 1.165) is 0 Å². The van der Waals surface area contributed by atoms with Crippen LogP contribution >= 0.6 is 7.82 Å². The van der Waals surface area contributed by atoms with E-state index < -0.39 is 26.5 Å². The van der Waals surface area contributed by atoms with Crippen molar-refractivity contribution in [1.82, 2.24) is 0 Å². The zero-order chi connectivity index (χ0) is 9.07. The van der Waals surface area contributed by atoms with Crippen molar-refractivity contribution in [3.8, 4) is 0 Å². The number of phosphoric ester groups is 1. The number of aliphatic hydroxyl groups is 1. The van der Waals surface area contributed by atoms with Gasteiger partial charge in [0.2, 0.25) is 0 Å². The Morgan fingerprint density at radius 1 is 1.50 bits per heavy atom. The van der Waals surface area contributed by atoms with E-state index in [4.69, 9.17) is 20.0 Å². The Labute approximate surface area is 108 Å². The normalized spacial score (nSPS) is 13.2. The monoisotopic (exact) mass is 324 g/mol. The van der Waals surface area contributed by atoms with Gasteiger partial charge in [0, 0.05) is 0 Å². The van der Waals surface area contributed by atoms with E-state index in [-0.39, 0.29) is 48.9 Å². The predicted octanol–water partition coefficient (Wildman–Crippen LogP) is -1.84. The van der Waals surface area contributed by atoms with Crippen molar-refractivity contribution in [1.29, 1.82) is 0 Å². The summed E-state index contributed by atoms with van der Waals surface area (Å²) in [6.45, 7) is -0.986. The number of hydrogen-bond acceptors (Lipinski definition) is 4. The number of carbonyl (C=O) groups is 1. The van der Waals surface area contributed by atoms with E-state index in [9.17, 15) is 9.36 Å². The van der Waals surface area contributed by atoms with Gasteiger partial charge in [-0.05, 0) is 0 Å². The molecular weight excluding hydrogens is 316 g/mol. The molecule has 7 nitrogen and oxygen atoms in total. The standard InChI is InChI=1S/C3H7O7P.Ba/c4-1-2(3(5)6)10-11(7,8)9;/h2,4H,1H2,(H,5,6)(H2,7,8,9);/q;+2. The molecule has 1 unspecified atom stereocenters. The van der Waals surface area contributed by atoms with Crippen molar-refractivity contribution >= 4 is 62.7 Å². The van der Waals surface area contributed by atoms with Crippen LogP contribution in [0.25, 0.3) is 0 Å². The third kappa shape index (κ3) is 7.74. The molecular formula is C3H7BaO7P+2. The molecule has 12 heavy (non-hydrogen) atoms. The Balaban J connectivity index is 0. The van der Waals surface area contributed by atoms with Gasteiger partial charge in [-0.25, -0.2) is 9.36 Å². The zero-order valence-electron chi connectivity index (χ0n) is 5.95. The first kappa shape index (κ1) is 15.6. The Morgan fingerprint density at radius 2 is 1.92 bits per heavy atom. The smallest absolute Gasteiger partial charge is 0.479 e. The van der Waals surface area contributed by atoms with Gasteiger partial charge in [0.05, 0.1) is 6.61 Å². The number of aliphatic carboxylic acids is 1. The van der Waals surface area contributed by atoms with Gasteiger partial charge in [-0.1, -0.05) is 0 Å². The van der Waals surface area contributed by atoms with Gasteiger partial charge in [0.25, 0.3) is 0 Å². The van der Waals surface area contributed by atoms with E-state index in [2.05, 4.69) is 4.52 Å². The van der Waals surface area contributed by atoms with Crippen molar-refractivity contribution in [3.05, 3.63) is 0 Å². The van der Waals surface area contributed by atoms with E-state index in [1.165, 1.54) is 0 Å². The largest absolute Gasteiger partial charge is 2.00 e. The number of aliphatic hydroxyl groups excluding tert-OH is 1. The Bertz CT molecular complexity index is 187. The molecule has 0 heterocycles. The molecule has 0 aromatic heterocycles. The van der Waals surface area contributed by atoms with Crippen LogP contribution in [-0.4, -0.2) is 87.6 Å². The number of rotatable bonds is 4. The number of hydrogen-bond donors (Lipinski definition) is 4. The van der Waals surface area contributed by atoms with Gasteiger partial charge >= 0.3 is 62.7 Å². The minimum atomic E-state index is -4.83. The van der Waals surface area contributed by atoms with Crippen molar-refractivity contribution in [2.75, 3.05) is 6.61 Å². The zero-order valence-corrected chi connectivity index (χ0v) is 11.3. The molecule has 66 valence electrons. The van der Waals surface area contributed by atoms with Gasteiger partial charge in [-0.2, -0.15) is 0 Å². The van der Waals surface area contributed by atoms with E-state index in [0.29, 0.717) is 0 Å². The van der Waals surface area contributed by atoms with Gasteiger partial charge in [0.15, 0.2) is 6.10 Å². The van der Waals surface area contributed by atoms with Crippen LogP contribution in [0.4, 0.5) is 0 Å². The average Bonchev–Trinajstić information content (AvgIpc) is 1.80. The van der Waals surface area contributed by atoms with E-state index >= 15 is 0 Å². The van der Waals surface area contributed by atoms with Gasteiger partial charge in [-0.3, -0.25) is 4.52 Å². The summed E-state index contributed by atoms with van der Waals surface area (Å²) in [5.74, 6) is -1.63. The Hall–Kier alpha value is 1.11. The summed E-state index contributed by atoms with van der Waals surface area (Å²) in [6.07, 6.45) is -1.88. The molecule has 0 aliphatic rings. The van der Waals surface area contributed by atoms with Crippen LogP contribution < -0.4 is 0 Å². The third-order valence-electron chi connectivity index (χ3n) is 0.706. The van der Waals surface area contributed by atoms with E-state index in [1.54, 1.807) is 0 Å². The van der Waals surface area contributed by atoms with Crippen molar-refractivity contribution in [3.63, 3.8) is 0 Å².